The molecule has 0 radical (unpaired) electrons. The van der Waals surface area contributed by atoms with Crippen molar-refractivity contribution in [2.45, 2.75) is 13.8 Å². The highest BCUT2D eigenvalue weighted by Gasteiger charge is 2.31. The van der Waals surface area contributed by atoms with Gasteiger partial charge in [-0.05, 0) is 49.2 Å². The van der Waals surface area contributed by atoms with Gasteiger partial charge < -0.3 is 14.5 Å². The second kappa shape index (κ2) is 7.54. The van der Waals surface area contributed by atoms with Crippen LogP contribution in [-0.4, -0.2) is 32.2 Å². The van der Waals surface area contributed by atoms with Crippen LogP contribution in [0, 0.1) is 13.8 Å². The molecule has 1 aliphatic rings. The summed E-state index contributed by atoms with van der Waals surface area (Å²) >= 11 is 6.54. The summed E-state index contributed by atoms with van der Waals surface area (Å²) in [6.45, 7) is 7.89. The van der Waals surface area contributed by atoms with Gasteiger partial charge in [-0.1, -0.05) is 42.2 Å². The number of thioether (sulfide) groups is 1. The molecule has 0 saturated carbocycles. The van der Waals surface area contributed by atoms with Gasteiger partial charge in [0.25, 0.3) is 5.91 Å². The van der Waals surface area contributed by atoms with Crippen LogP contribution in [0.1, 0.15) is 27.3 Å². The Morgan fingerprint density at radius 1 is 1.33 bits per heavy atom. The Hall–Kier alpha value is -2.64. The van der Waals surface area contributed by atoms with E-state index in [1.54, 1.807) is 18.2 Å². The number of benzene rings is 1. The first-order valence-corrected chi connectivity index (χ1v) is 9.43. The monoisotopic (exact) mass is 397 g/mol. The molecular weight excluding hydrogens is 380 g/mol. The lowest BCUT2D eigenvalue weighted by atomic mass is 10.2. The third-order valence-corrected chi connectivity index (χ3v) is 5.66. The van der Waals surface area contributed by atoms with Crippen LogP contribution < -0.4 is 5.11 Å². The molecule has 0 aliphatic carbocycles. The number of carboxylic acids is 1. The molecule has 0 N–H and O–H groups in total. The summed E-state index contributed by atoms with van der Waals surface area (Å²) in [6.07, 6.45) is 3.47. The third kappa shape index (κ3) is 3.61. The van der Waals surface area contributed by atoms with E-state index in [-0.39, 0.29) is 11.5 Å². The van der Waals surface area contributed by atoms with Crippen LogP contribution in [0.25, 0.3) is 11.8 Å². The van der Waals surface area contributed by atoms with E-state index in [4.69, 9.17) is 12.2 Å². The molecule has 1 aliphatic heterocycles. The first-order valence-electron chi connectivity index (χ1n) is 8.20. The fourth-order valence-corrected chi connectivity index (χ4v) is 4.30. The van der Waals surface area contributed by atoms with Gasteiger partial charge in [0.2, 0.25) is 0 Å². The molecule has 1 amide bonds. The second-order valence-electron chi connectivity index (χ2n) is 6.08. The maximum atomic E-state index is 12.5. The summed E-state index contributed by atoms with van der Waals surface area (Å²) in [4.78, 5) is 25.7. The summed E-state index contributed by atoms with van der Waals surface area (Å²) in [5.74, 6) is -1.35. The summed E-state index contributed by atoms with van der Waals surface area (Å²) in [5, 5.41) is 11.1. The lowest BCUT2D eigenvalue weighted by Gasteiger charge is -2.12. The number of amides is 1. The Labute approximate surface area is 167 Å². The van der Waals surface area contributed by atoms with Crippen LogP contribution in [-0.2, 0) is 4.79 Å². The van der Waals surface area contributed by atoms with Crippen molar-refractivity contribution in [3.8, 4) is 5.69 Å². The number of nitrogens with zero attached hydrogens (tertiary/aromatic N) is 2. The van der Waals surface area contributed by atoms with Crippen LogP contribution >= 0.6 is 24.0 Å². The van der Waals surface area contributed by atoms with Gasteiger partial charge >= 0.3 is 0 Å². The molecule has 27 heavy (non-hydrogen) atoms. The standard InChI is InChI=1S/C20H18N2O3S2/c1-4-8-21-18(23)17(27-20(21)26)11-15-9-12(2)22(13(15)3)16-7-5-6-14(10-16)19(24)25/h4-7,9-11H,1,8H2,2-3H3,(H,24,25)/p-1/b17-11-. The molecule has 1 fully saturated rings. The molecule has 1 saturated heterocycles. The number of carboxylic acid groups (broad SMARTS) is 1. The lowest BCUT2D eigenvalue weighted by molar-refractivity contribution is -0.255. The highest BCUT2D eigenvalue weighted by atomic mass is 32.2. The van der Waals surface area contributed by atoms with Crippen LogP contribution in [0.4, 0.5) is 0 Å². The maximum absolute atomic E-state index is 12.5. The van der Waals surface area contributed by atoms with Crippen molar-refractivity contribution in [3.05, 3.63) is 70.4 Å². The first kappa shape index (κ1) is 19.1. The molecule has 0 atom stereocenters. The fraction of sp³-hybridized carbons (Fsp3) is 0.150. The predicted octanol–water partition coefficient (Wildman–Crippen LogP) is 2.84. The number of hydrogen-bond donors (Lipinski definition) is 0. The van der Waals surface area contributed by atoms with Crippen LogP contribution in [0.3, 0.4) is 0 Å². The smallest absolute Gasteiger partial charge is 0.266 e. The average Bonchev–Trinajstić information content (AvgIpc) is 3.05. The number of thiocarbonyl (C=S) groups is 1. The maximum Gasteiger partial charge on any atom is 0.266 e. The van der Waals surface area contributed by atoms with Crippen molar-refractivity contribution in [1.29, 1.82) is 0 Å². The Morgan fingerprint density at radius 3 is 2.74 bits per heavy atom. The van der Waals surface area contributed by atoms with Crippen molar-refractivity contribution < 1.29 is 14.7 Å². The lowest BCUT2D eigenvalue weighted by Crippen LogP contribution is -2.27. The second-order valence-corrected chi connectivity index (χ2v) is 7.76. The van der Waals surface area contributed by atoms with Crippen molar-refractivity contribution in [2.75, 3.05) is 6.54 Å². The van der Waals surface area contributed by atoms with E-state index in [0.29, 0.717) is 15.8 Å². The number of rotatable bonds is 5. The molecule has 0 spiro atoms. The van der Waals surface area contributed by atoms with Crippen molar-refractivity contribution in [1.82, 2.24) is 9.47 Å². The molecule has 138 valence electrons. The van der Waals surface area contributed by atoms with Crippen molar-refractivity contribution in [3.63, 3.8) is 0 Å². The van der Waals surface area contributed by atoms with Gasteiger partial charge in [0.15, 0.2) is 0 Å². The molecule has 2 heterocycles. The van der Waals surface area contributed by atoms with Crippen LogP contribution in [0.15, 0.2) is 47.9 Å². The van der Waals surface area contributed by atoms with Gasteiger partial charge in [0.1, 0.15) is 4.32 Å². The zero-order chi connectivity index (χ0) is 19.7. The fourth-order valence-electron chi connectivity index (χ4n) is 3.03. The van der Waals surface area contributed by atoms with E-state index < -0.39 is 5.97 Å². The number of carbonyl (C=O) groups excluding carboxylic acids is 2. The highest BCUT2D eigenvalue weighted by molar-refractivity contribution is 8.26. The topological polar surface area (TPSA) is 65.4 Å². The molecule has 7 heteroatoms. The van der Waals surface area contributed by atoms with E-state index in [1.807, 2.05) is 36.6 Å². The Morgan fingerprint density at radius 2 is 2.07 bits per heavy atom. The quantitative estimate of drug-likeness (QED) is 0.441. The number of aromatic nitrogens is 1. The zero-order valence-corrected chi connectivity index (χ0v) is 16.5. The molecular formula is C20H17N2O3S2-. The predicted molar refractivity (Wildman–Crippen MR) is 110 cm³/mol. The van der Waals surface area contributed by atoms with E-state index in [0.717, 1.165) is 22.6 Å². The van der Waals surface area contributed by atoms with E-state index in [2.05, 4.69) is 6.58 Å². The van der Waals surface area contributed by atoms with E-state index >= 15 is 0 Å². The third-order valence-electron chi connectivity index (χ3n) is 4.28. The minimum Gasteiger partial charge on any atom is -0.545 e. The molecule has 2 aromatic rings. The summed E-state index contributed by atoms with van der Waals surface area (Å²) in [7, 11) is 0. The van der Waals surface area contributed by atoms with E-state index in [1.165, 1.54) is 22.7 Å². The number of aryl methyl sites for hydroxylation is 1. The number of carbonyl (C=O) groups is 2. The van der Waals surface area contributed by atoms with Gasteiger partial charge in [-0.3, -0.25) is 9.69 Å². The minimum atomic E-state index is -1.22. The summed E-state index contributed by atoms with van der Waals surface area (Å²) in [6, 6.07) is 8.54. The van der Waals surface area contributed by atoms with Gasteiger partial charge in [0.05, 0.1) is 10.9 Å². The first-order chi connectivity index (χ1) is 12.8. The number of aromatic carboxylic acids is 1. The number of hydrogen-bond acceptors (Lipinski definition) is 5. The molecule has 5 nitrogen and oxygen atoms in total. The van der Waals surface area contributed by atoms with Crippen molar-refractivity contribution in [2.24, 2.45) is 0 Å². The molecule has 0 unspecified atom stereocenters. The molecule has 3 rings (SSSR count). The van der Waals surface area contributed by atoms with Gasteiger partial charge in [-0.2, -0.15) is 0 Å². The highest BCUT2D eigenvalue weighted by Crippen LogP contribution is 2.34. The Kier molecular flexibility index (Phi) is 5.34. The normalized spacial score (nSPS) is 15.6. The minimum absolute atomic E-state index is 0.117. The van der Waals surface area contributed by atoms with Gasteiger partial charge in [0, 0.05) is 23.6 Å². The summed E-state index contributed by atoms with van der Waals surface area (Å²) in [5.41, 5.74) is 3.55. The SMILES string of the molecule is C=CCN1C(=O)/C(=C/c2cc(C)n(-c3cccc(C(=O)[O-])c3)c2C)SC1=S. The Bertz CT molecular complexity index is 1000. The largest absolute Gasteiger partial charge is 0.545 e. The van der Waals surface area contributed by atoms with E-state index in [9.17, 15) is 14.7 Å². The molecule has 1 aromatic carbocycles. The average molecular weight is 398 g/mol. The zero-order valence-electron chi connectivity index (χ0n) is 14.9. The molecule has 1 aromatic heterocycles. The summed E-state index contributed by atoms with van der Waals surface area (Å²) < 4.78 is 2.46. The Balaban J connectivity index is 2.01. The van der Waals surface area contributed by atoms with Crippen LogP contribution in [0.5, 0.6) is 0 Å². The molecule has 0 bridgehead atoms. The van der Waals surface area contributed by atoms with Crippen LogP contribution in [0.2, 0.25) is 0 Å². The van der Waals surface area contributed by atoms with Gasteiger partial charge in [-0.15, -0.1) is 6.58 Å². The van der Waals surface area contributed by atoms with Gasteiger partial charge in [-0.25, -0.2) is 0 Å². The van der Waals surface area contributed by atoms with Crippen molar-refractivity contribution >= 4 is 46.3 Å².